The zero-order valence-electron chi connectivity index (χ0n) is 14.0. The molecule has 0 bridgehead atoms. The molecule has 0 aliphatic carbocycles. The molecule has 1 aliphatic heterocycles. The minimum Gasteiger partial charge on any atom is -0.335 e. The lowest BCUT2D eigenvalue weighted by molar-refractivity contribution is 0.0717. The molecule has 7 heteroatoms. The molecule has 0 N–H and O–H groups in total. The first-order chi connectivity index (χ1) is 12.1. The number of aryl methyl sites for hydroxylation is 1. The molecule has 1 saturated heterocycles. The number of carbonyl (C=O) groups is 2. The van der Waals surface area contributed by atoms with Gasteiger partial charge in [0.1, 0.15) is 5.65 Å². The summed E-state index contributed by atoms with van der Waals surface area (Å²) >= 11 is 0. The van der Waals surface area contributed by atoms with Gasteiger partial charge in [0.2, 0.25) is 0 Å². The zero-order chi connectivity index (χ0) is 17.4. The van der Waals surface area contributed by atoms with E-state index < -0.39 is 0 Å². The number of likely N-dealkylation sites (tertiary alicyclic amines) is 1. The van der Waals surface area contributed by atoms with Gasteiger partial charge in [0, 0.05) is 56.4 Å². The summed E-state index contributed by atoms with van der Waals surface area (Å²) in [6.07, 6.45) is 10.8. The molecule has 1 fully saturated rings. The summed E-state index contributed by atoms with van der Waals surface area (Å²) in [5.74, 6) is -0.00602. The minimum absolute atomic E-state index is 0.0292. The van der Waals surface area contributed by atoms with Crippen molar-refractivity contribution in [2.45, 2.75) is 25.3 Å². The van der Waals surface area contributed by atoms with Crippen molar-refractivity contribution < 1.29 is 9.59 Å². The van der Waals surface area contributed by atoms with Crippen LogP contribution in [-0.4, -0.2) is 48.3 Å². The first kappa shape index (κ1) is 15.6. The number of nitrogens with zero attached hydrogens (tertiary/aromatic N) is 5. The van der Waals surface area contributed by atoms with Gasteiger partial charge in [-0.25, -0.2) is 4.98 Å². The van der Waals surface area contributed by atoms with E-state index in [-0.39, 0.29) is 17.7 Å². The number of hydrogen-bond donors (Lipinski definition) is 0. The van der Waals surface area contributed by atoms with E-state index in [0.717, 1.165) is 18.5 Å². The van der Waals surface area contributed by atoms with Crippen LogP contribution >= 0.6 is 0 Å². The fourth-order valence-corrected chi connectivity index (χ4v) is 3.42. The van der Waals surface area contributed by atoms with Crippen molar-refractivity contribution in [3.8, 4) is 0 Å². The Morgan fingerprint density at radius 1 is 1.28 bits per heavy atom. The molecule has 25 heavy (non-hydrogen) atoms. The van der Waals surface area contributed by atoms with Crippen LogP contribution < -0.4 is 0 Å². The lowest BCUT2D eigenvalue weighted by Crippen LogP contribution is -2.36. The van der Waals surface area contributed by atoms with E-state index in [9.17, 15) is 9.59 Å². The van der Waals surface area contributed by atoms with E-state index in [1.54, 1.807) is 42.5 Å². The molecule has 0 saturated carbocycles. The molecule has 1 aliphatic rings. The monoisotopic (exact) mass is 337 g/mol. The molecule has 0 aromatic carbocycles. The Morgan fingerprint density at radius 3 is 2.96 bits per heavy atom. The van der Waals surface area contributed by atoms with Gasteiger partial charge < -0.3 is 9.30 Å². The smallest absolute Gasteiger partial charge is 0.254 e. The highest BCUT2D eigenvalue weighted by Gasteiger charge is 2.31. The molecule has 0 radical (unpaired) electrons. The van der Waals surface area contributed by atoms with Gasteiger partial charge in [-0.1, -0.05) is 0 Å². The summed E-state index contributed by atoms with van der Waals surface area (Å²) in [6, 6.07) is 3.53. The van der Waals surface area contributed by atoms with E-state index >= 15 is 0 Å². The number of rotatable bonds is 4. The number of pyridine rings is 1. The molecule has 1 amide bonds. The standard InChI is InChI=1S/C18H19N5O2/c1-21-12-14(11-20-21)16(24)10-15-3-2-6-23(15)18(25)13-4-7-22-8-5-19-17(22)9-13/h4-5,7-9,11-12,15H,2-3,6,10H2,1H3/t15-/m0/s1. The van der Waals surface area contributed by atoms with E-state index in [1.165, 1.54) is 0 Å². The lowest BCUT2D eigenvalue weighted by atomic mass is 10.0. The topological polar surface area (TPSA) is 72.5 Å². The maximum atomic E-state index is 12.9. The van der Waals surface area contributed by atoms with Crippen molar-refractivity contribution in [3.63, 3.8) is 0 Å². The van der Waals surface area contributed by atoms with Crippen LogP contribution in [0.25, 0.3) is 5.65 Å². The van der Waals surface area contributed by atoms with Crippen molar-refractivity contribution >= 4 is 17.3 Å². The summed E-state index contributed by atoms with van der Waals surface area (Å²) < 4.78 is 3.48. The summed E-state index contributed by atoms with van der Waals surface area (Å²) in [6.45, 7) is 0.684. The van der Waals surface area contributed by atoms with Gasteiger partial charge in [-0.2, -0.15) is 5.10 Å². The third-order valence-electron chi connectivity index (χ3n) is 4.73. The summed E-state index contributed by atoms with van der Waals surface area (Å²) in [5, 5.41) is 4.04. The molecule has 4 heterocycles. The number of carbonyl (C=O) groups excluding carboxylic acids is 2. The van der Waals surface area contributed by atoms with E-state index in [2.05, 4.69) is 10.1 Å². The third-order valence-corrected chi connectivity index (χ3v) is 4.73. The molecule has 4 rings (SSSR count). The summed E-state index contributed by atoms with van der Waals surface area (Å²) in [5.41, 5.74) is 1.95. The molecular weight excluding hydrogens is 318 g/mol. The number of imidazole rings is 1. The third kappa shape index (κ3) is 2.93. The van der Waals surface area contributed by atoms with Crippen LogP contribution in [0.2, 0.25) is 0 Å². The quantitative estimate of drug-likeness (QED) is 0.682. The SMILES string of the molecule is Cn1cc(C(=O)C[C@@H]2CCCN2C(=O)c2ccn3ccnc3c2)cn1. The second kappa shape index (κ2) is 6.16. The maximum absolute atomic E-state index is 12.9. The van der Waals surface area contributed by atoms with E-state index in [0.29, 0.717) is 24.1 Å². The Kier molecular flexibility index (Phi) is 3.83. The van der Waals surface area contributed by atoms with Gasteiger partial charge in [-0.15, -0.1) is 0 Å². The zero-order valence-corrected chi connectivity index (χ0v) is 14.0. The number of fused-ring (bicyclic) bond motifs is 1. The van der Waals surface area contributed by atoms with Gasteiger partial charge in [-0.3, -0.25) is 14.3 Å². The minimum atomic E-state index is -0.0591. The van der Waals surface area contributed by atoms with Crippen LogP contribution in [0, 0.1) is 0 Å². The average molecular weight is 337 g/mol. The second-order valence-electron chi connectivity index (χ2n) is 6.43. The Labute approximate surface area is 144 Å². The lowest BCUT2D eigenvalue weighted by Gasteiger charge is -2.24. The number of Topliss-reactive ketones (excluding diaryl/α,β-unsaturated/α-hetero) is 1. The van der Waals surface area contributed by atoms with E-state index in [4.69, 9.17) is 0 Å². The van der Waals surface area contributed by atoms with Gasteiger partial charge in [0.15, 0.2) is 5.78 Å². The van der Waals surface area contributed by atoms with Crippen molar-refractivity contribution in [2.24, 2.45) is 7.05 Å². The van der Waals surface area contributed by atoms with Crippen LogP contribution in [0.5, 0.6) is 0 Å². The van der Waals surface area contributed by atoms with E-state index in [1.807, 2.05) is 21.7 Å². The van der Waals surface area contributed by atoms with Gasteiger partial charge in [0.05, 0.1) is 11.8 Å². The number of ketones is 1. The fourth-order valence-electron chi connectivity index (χ4n) is 3.42. The first-order valence-electron chi connectivity index (χ1n) is 8.37. The van der Waals surface area contributed by atoms with Crippen LogP contribution in [0.4, 0.5) is 0 Å². The molecule has 3 aromatic rings. The second-order valence-corrected chi connectivity index (χ2v) is 6.43. The van der Waals surface area contributed by atoms with Crippen molar-refractivity contribution in [3.05, 3.63) is 54.2 Å². The van der Waals surface area contributed by atoms with Crippen LogP contribution in [0.3, 0.4) is 0 Å². The van der Waals surface area contributed by atoms with Crippen molar-refractivity contribution in [1.82, 2.24) is 24.1 Å². The van der Waals surface area contributed by atoms with Crippen molar-refractivity contribution in [1.29, 1.82) is 0 Å². The fraction of sp³-hybridized carbons (Fsp3) is 0.333. The first-order valence-corrected chi connectivity index (χ1v) is 8.37. The number of amides is 1. The Hall–Kier alpha value is -2.96. The van der Waals surface area contributed by atoms with Crippen LogP contribution in [0.15, 0.2) is 43.1 Å². The highest BCUT2D eigenvalue weighted by molar-refractivity contribution is 5.98. The Bertz CT molecular complexity index is 942. The summed E-state index contributed by atoms with van der Waals surface area (Å²) in [7, 11) is 1.79. The largest absolute Gasteiger partial charge is 0.335 e. The van der Waals surface area contributed by atoms with Gasteiger partial charge in [0.25, 0.3) is 5.91 Å². The molecule has 3 aromatic heterocycles. The summed E-state index contributed by atoms with van der Waals surface area (Å²) in [4.78, 5) is 31.4. The number of hydrogen-bond acceptors (Lipinski definition) is 4. The predicted molar refractivity (Wildman–Crippen MR) is 91.4 cm³/mol. The van der Waals surface area contributed by atoms with Crippen molar-refractivity contribution in [2.75, 3.05) is 6.54 Å². The molecule has 0 spiro atoms. The maximum Gasteiger partial charge on any atom is 0.254 e. The van der Waals surface area contributed by atoms with Gasteiger partial charge in [-0.05, 0) is 25.0 Å². The van der Waals surface area contributed by atoms with Crippen LogP contribution in [-0.2, 0) is 7.05 Å². The highest BCUT2D eigenvalue weighted by Crippen LogP contribution is 2.24. The average Bonchev–Trinajstić information content (AvgIpc) is 3.33. The molecule has 0 unspecified atom stereocenters. The predicted octanol–water partition coefficient (Wildman–Crippen LogP) is 1.95. The molecule has 1 atom stereocenters. The highest BCUT2D eigenvalue weighted by atomic mass is 16.2. The molecule has 128 valence electrons. The Morgan fingerprint density at radius 2 is 2.16 bits per heavy atom. The molecular formula is C18H19N5O2. The molecule has 7 nitrogen and oxygen atoms in total. The normalized spacial score (nSPS) is 17.3. The van der Waals surface area contributed by atoms with Gasteiger partial charge >= 0.3 is 0 Å². The number of aromatic nitrogens is 4. The van der Waals surface area contributed by atoms with Crippen LogP contribution in [0.1, 0.15) is 40.0 Å². The Balaban J connectivity index is 1.52.